The molecule has 2 saturated carbocycles. The Labute approximate surface area is 188 Å². The maximum atomic E-state index is 13.3. The van der Waals surface area contributed by atoms with E-state index in [9.17, 15) is 4.79 Å². The van der Waals surface area contributed by atoms with Gasteiger partial charge >= 0.3 is 0 Å². The number of fused-ring (bicyclic) bond motifs is 1. The molecule has 3 aromatic rings. The van der Waals surface area contributed by atoms with Crippen LogP contribution in [0, 0.1) is 11.8 Å². The molecule has 0 bridgehead atoms. The van der Waals surface area contributed by atoms with Gasteiger partial charge in [0.25, 0.3) is 5.91 Å². The molecule has 32 heavy (non-hydrogen) atoms. The monoisotopic (exact) mass is 427 g/mol. The molecule has 6 nitrogen and oxygen atoms in total. The summed E-state index contributed by atoms with van der Waals surface area (Å²) in [5.41, 5.74) is 3.32. The van der Waals surface area contributed by atoms with Crippen LogP contribution in [0.2, 0.25) is 0 Å². The van der Waals surface area contributed by atoms with Crippen molar-refractivity contribution in [3.8, 4) is 11.8 Å². The third-order valence-corrected chi connectivity index (χ3v) is 6.69. The summed E-state index contributed by atoms with van der Waals surface area (Å²) in [6.45, 7) is 3.89. The van der Waals surface area contributed by atoms with E-state index in [-0.39, 0.29) is 18.0 Å². The highest BCUT2D eigenvalue weighted by Gasteiger charge is 2.27. The Morgan fingerprint density at radius 3 is 2.53 bits per heavy atom. The summed E-state index contributed by atoms with van der Waals surface area (Å²) in [6.07, 6.45) is 13.7. The lowest BCUT2D eigenvalue weighted by Crippen LogP contribution is -2.36. The van der Waals surface area contributed by atoms with Crippen molar-refractivity contribution in [1.82, 2.24) is 25.1 Å². The zero-order chi connectivity index (χ0) is 22.1. The minimum Gasteiger partial charge on any atom is -0.349 e. The Bertz CT molecular complexity index is 1190. The molecule has 1 amide bonds. The average Bonchev–Trinajstić information content (AvgIpc) is 3.58. The van der Waals surface area contributed by atoms with E-state index in [4.69, 9.17) is 0 Å². The Balaban J connectivity index is 1.53. The first-order valence-corrected chi connectivity index (χ1v) is 11.7. The van der Waals surface area contributed by atoms with Crippen molar-refractivity contribution in [2.45, 2.75) is 76.8 Å². The van der Waals surface area contributed by atoms with Crippen molar-refractivity contribution in [3.63, 3.8) is 0 Å². The van der Waals surface area contributed by atoms with Crippen molar-refractivity contribution >= 4 is 16.8 Å². The molecule has 1 N–H and O–H groups in total. The molecule has 0 unspecified atom stereocenters. The van der Waals surface area contributed by atoms with Crippen LogP contribution in [-0.2, 0) is 0 Å². The summed E-state index contributed by atoms with van der Waals surface area (Å²) in [5, 5.41) is 8.85. The highest BCUT2D eigenvalue weighted by molar-refractivity contribution is 6.07. The van der Waals surface area contributed by atoms with Gasteiger partial charge in [0.05, 0.1) is 23.3 Å². The van der Waals surface area contributed by atoms with Crippen molar-refractivity contribution < 1.29 is 4.79 Å². The first-order chi connectivity index (χ1) is 15.7. The third-order valence-electron chi connectivity index (χ3n) is 6.69. The largest absolute Gasteiger partial charge is 0.349 e. The lowest BCUT2D eigenvalue weighted by atomic mass is 9.95. The van der Waals surface area contributed by atoms with E-state index >= 15 is 0 Å². The van der Waals surface area contributed by atoms with E-state index < -0.39 is 0 Å². The minimum absolute atomic E-state index is 0.0350. The molecule has 0 radical (unpaired) electrons. The molecule has 2 aliphatic carbocycles. The van der Waals surface area contributed by atoms with Crippen molar-refractivity contribution in [1.29, 1.82) is 0 Å². The predicted octanol–water partition coefficient (Wildman–Crippen LogP) is 4.75. The number of aromatic nitrogens is 4. The van der Waals surface area contributed by atoms with Crippen LogP contribution in [0.5, 0.6) is 0 Å². The third kappa shape index (κ3) is 4.00. The van der Waals surface area contributed by atoms with Gasteiger partial charge in [-0.2, -0.15) is 5.10 Å². The molecule has 0 spiro atoms. The van der Waals surface area contributed by atoms with Crippen molar-refractivity contribution in [2.75, 3.05) is 0 Å². The lowest BCUT2D eigenvalue weighted by Gasteiger charge is -2.23. The van der Waals surface area contributed by atoms with Gasteiger partial charge in [-0.15, -0.1) is 5.92 Å². The Morgan fingerprint density at radius 1 is 1.09 bits per heavy atom. The van der Waals surface area contributed by atoms with E-state index in [1.807, 2.05) is 42.3 Å². The summed E-state index contributed by atoms with van der Waals surface area (Å²) in [5.74, 6) is 7.55. The molecule has 0 saturated heterocycles. The second-order valence-corrected chi connectivity index (χ2v) is 9.02. The number of amides is 1. The summed E-state index contributed by atoms with van der Waals surface area (Å²) < 4.78 is 1.92. The number of carbonyl (C=O) groups is 1. The fourth-order valence-corrected chi connectivity index (χ4v) is 4.65. The fourth-order valence-electron chi connectivity index (χ4n) is 4.65. The van der Waals surface area contributed by atoms with Crippen LogP contribution in [0.1, 0.15) is 98.1 Å². The summed E-state index contributed by atoms with van der Waals surface area (Å²) in [6, 6.07) is 3.96. The molecule has 1 aromatic carbocycles. The molecule has 1 atom stereocenters. The zero-order valence-electron chi connectivity index (χ0n) is 18.8. The van der Waals surface area contributed by atoms with Crippen LogP contribution in [0.4, 0.5) is 0 Å². The van der Waals surface area contributed by atoms with Crippen molar-refractivity contribution in [2.24, 2.45) is 0 Å². The highest BCUT2D eigenvalue weighted by Crippen LogP contribution is 2.38. The standard InChI is InChI=1S/C26H29N5O/c1-3-7-18-12-13-22(26(32)30-21-8-5-4-6-9-21)24-23(18)16-29-31(24)17(2)20-14-27-25(28-15-20)19-10-11-19/h12-17,19,21H,4-6,8-11H2,1-2H3,(H,30,32)/t17-/m0/s1. The predicted molar refractivity (Wildman–Crippen MR) is 124 cm³/mol. The summed E-state index contributed by atoms with van der Waals surface area (Å²) in [4.78, 5) is 22.5. The van der Waals surface area contributed by atoms with E-state index in [1.54, 1.807) is 0 Å². The molecular weight excluding hydrogens is 398 g/mol. The van der Waals surface area contributed by atoms with Crippen LogP contribution in [0.3, 0.4) is 0 Å². The van der Waals surface area contributed by atoms with Crippen LogP contribution in [0.15, 0.2) is 30.7 Å². The first kappa shape index (κ1) is 20.7. The van der Waals surface area contributed by atoms with Crippen LogP contribution >= 0.6 is 0 Å². The summed E-state index contributed by atoms with van der Waals surface area (Å²) >= 11 is 0. The normalized spacial score (nSPS) is 17.6. The number of hydrogen-bond donors (Lipinski definition) is 1. The molecule has 5 rings (SSSR count). The van der Waals surface area contributed by atoms with E-state index in [1.165, 1.54) is 32.1 Å². The topological polar surface area (TPSA) is 72.7 Å². The van der Waals surface area contributed by atoms with Gasteiger partial charge in [0, 0.05) is 40.9 Å². The van der Waals surface area contributed by atoms with Gasteiger partial charge in [-0.05, 0) is 51.7 Å². The van der Waals surface area contributed by atoms with Crippen LogP contribution < -0.4 is 5.32 Å². The van der Waals surface area contributed by atoms with Gasteiger partial charge in [0.15, 0.2) is 0 Å². The molecule has 0 aliphatic heterocycles. The molecule has 164 valence electrons. The maximum absolute atomic E-state index is 13.3. The van der Waals surface area contributed by atoms with Gasteiger partial charge < -0.3 is 5.32 Å². The fraction of sp³-hybridized carbons (Fsp3) is 0.462. The average molecular weight is 428 g/mol. The summed E-state index contributed by atoms with van der Waals surface area (Å²) in [7, 11) is 0. The second-order valence-electron chi connectivity index (χ2n) is 9.02. The van der Waals surface area contributed by atoms with E-state index in [2.05, 4.69) is 39.1 Å². The second kappa shape index (κ2) is 8.74. The van der Waals surface area contributed by atoms with E-state index in [0.29, 0.717) is 11.5 Å². The van der Waals surface area contributed by atoms with E-state index in [0.717, 1.165) is 40.7 Å². The number of hydrogen-bond acceptors (Lipinski definition) is 4. The Kier molecular flexibility index (Phi) is 5.65. The Hall–Kier alpha value is -3.20. The number of nitrogens with one attached hydrogen (secondary N) is 1. The van der Waals surface area contributed by atoms with Crippen molar-refractivity contribution in [3.05, 3.63) is 53.2 Å². The van der Waals surface area contributed by atoms with Gasteiger partial charge in [-0.1, -0.05) is 25.2 Å². The molecule has 2 aliphatic rings. The number of nitrogens with zero attached hydrogens (tertiary/aromatic N) is 4. The zero-order valence-corrected chi connectivity index (χ0v) is 18.8. The number of rotatable bonds is 5. The molecule has 2 fully saturated rings. The van der Waals surface area contributed by atoms with Gasteiger partial charge in [-0.25, -0.2) is 9.97 Å². The SMILES string of the molecule is CC#Cc1ccc(C(=O)NC2CCCCC2)c2c1cnn2[C@@H](C)c1cnc(C2CC2)nc1. The van der Waals surface area contributed by atoms with Crippen LogP contribution in [-0.4, -0.2) is 31.7 Å². The van der Waals surface area contributed by atoms with Gasteiger partial charge in [0.2, 0.25) is 0 Å². The van der Waals surface area contributed by atoms with Gasteiger partial charge in [-0.3, -0.25) is 9.48 Å². The lowest BCUT2D eigenvalue weighted by molar-refractivity contribution is 0.0929. The smallest absolute Gasteiger partial charge is 0.253 e. The quantitative estimate of drug-likeness (QED) is 0.597. The number of carbonyl (C=O) groups excluding carboxylic acids is 1. The maximum Gasteiger partial charge on any atom is 0.253 e. The molecular formula is C26H29N5O. The van der Waals surface area contributed by atoms with Crippen LogP contribution in [0.25, 0.3) is 10.9 Å². The van der Waals surface area contributed by atoms with Gasteiger partial charge in [0.1, 0.15) is 5.82 Å². The first-order valence-electron chi connectivity index (χ1n) is 11.7. The molecule has 2 aromatic heterocycles. The Morgan fingerprint density at radius 2 is 1.84 bits per heavy atom. The highest BCUT2D eigenvalue weighted by atomic mass is 16.1. The molecule has 6 heteroatoms. The minimum atomic E-state index is -0.105. The number of benzene rings is 1. The molecule has 2 heterocycles.